The predicted octanol–water partition coefficient (Wildman–Crippen LogP) is -0.131. The van der Waals surface area contributed by atoms with Gasteiger partial charge < -0.3 is 0 Å². The van der Waals surface area contributed by atoms with E-state index in [1.165, 1.54) is 25.5 Å². The molecule has 0 nitrogen and oxygen atoms in total. The first kappa shape index (κ1) is 6.13. The van der Waals surface area contributed by atoms with Gasteiger partial charge in [0.05, 0.1) is 0 Å². The Morgan fingerprint density at radius 3 is 1.33 bits per heavy atom. The average molecular weight is 81.8 g/mol. The minimum absolute atomic E-state index is 1.36. The highest BCUT2D eigenvalue weighted by atomic mass is 13.7. The van der Waals surface area contributed by atoms with Crippen molar-refractivity contribution in [3.63, 3.8) is 0 Å². The van der Waals surface area contributed by atoms with Gasteiger partial charge in [-0.3, -0.25) is 0 Å². The van der Waals surface area contributed by atoms with E-state index in [4.69, 9.17) is 0 Å². The fourth-order valence-electron chi connectivity index (χ4n) is 0.500. The van der Waals surface area contributed by atoms with Gasteiger partial charge in [-0.2, -0.15) is 0 Å². The van der Waals surface area contributed by atoms with Gasteiger partial charge in [0.1, 0.15) is 15.7 Å². The first-order chi connectivity index (χ1) is 2.91. The third-order valence-electron chi connectivity index (χ3n) is 0.957. The summed E-state index contributed by atoms with van der Waals surface area (Å²) in [5.41, 5.74) is 0. The monoisotopic (exact) mass is 82.1 g/mol. The molecule has 0 saturated heterocycles. The van der Waals surface area contributed by atoms with E-state index in [0.717, 1.165) is 0 Å². The SMILES string of the molecule is BCCCCB. The third-order valence-corrected chi connectivity index (χ3v) is 0.957. The predicted molar refractivity (Wildman–Crippen MR) is 35.9 cm³/mol. The van der Waals surface area contributed by atoms with Crippen molar-refractivity contribution in [3.05, 3.63) is 0 Å². The van der Waals surface area contributed by atoms with Crippen molar-refractivity contribution >= 4 is 15.7 Å². The standard InChI is InChI=1S/C4H12B2/c5-3-1-2-4-6/h1-6H2. The molecule has 0 saturated carbocycles. The maximum absolute atomic E-state index is 2.23. The summed E-state index contributed by atoms with van der Waals surface area (Å²) in [6.07, 6.45) is 5.54. The van der Waals surface area contributed by atoms with Crippen LogP contribution >= 0.6 is 0 Å². The van der Waals surface area contributed by atoms with Crippen LogP contribution in [0.25, 0.3) is 0 Å². The van der Waals surface area contributed by atoms with E-state index >= 15 is 0 Å². The maximum Gasteiger partial charge on any atom is 0.101 e. The van der Waals surface area contributed by atoms with Crippen LogP contribution < -0.4 is 0 Å². The van der Waals surface area contributed by atoms with Crippen molar-refractivity contribution in [1.29, 1.82) is 0 Å². The third kappa shape index (κ3) is 4.13. The Bertz CT molecular complexity index is 17.5. The van der Waals surface area contributed by atoms with E-state index in [9.17, 15) is 0 Å². The van der Waals surface area contributed by atoms with E-state index < -0.39 is 0 Å². The largest absolute Gasteiger partial charge is 0.101 e. The van der Waals surface area contributed by atoms with Crippen molar-refractivity contribution in [2.45, 2.75) is 25.5 Å². The number of hydrogen-bond donors (Lipinski definition) is 0. The Hall–Kier alpha value is 0.130. The molecule has 34 valence electrons. The molecule has 0 fully saturated rings. The van der Waals surface area contributed by atoms with Crippen LogP contribution in [-0.2, 0) is 0 Å². The van der Waals surface area contributed by atoms with Crippen LogP contribution in [-0.4, -0.2) is 15.7 Å². The van der Waals surface area contributed by atoms with E-state index in [1.54, 1.807) is 0 Å². The normalized spacial score (nSPS) is 8.67. The van der Waals surface area contributed by atoms with Gasteiger partial charge in [-0.25, -0.2) is 0 Å². The van der Waals surface area contributed by atoms with Gasteiger partial charge in [-0.1, -0.05) is 25.5 Å². The van der Waals surface area contributed by atoms with E-state index in [1.807, 2.05) is 0 Å². The molecule has 0 aliphatic carbocycles. The molecular formula is C4H12B2. The van der Waals surface area contributed by atoms with E-state index in [-0.39, 0.29) is 0 Å². The Morgan fingerprint density at radius 1 is 0.833 bits per heavy atom. The zero-order valence-electron chi connectivity index (χ0n) is 4.83. The lowest BCUT2D eigenvalue weighted by Crippen LogP contribution is -1.71. The van der Waals surface area contributed by atoms with Crippen molar-refractivity contribution < 1.29 is 0 Å². The highest BCUT2D eigenvalue weighted by Gasteiger charge is 1.76. The lowest BCUT2D eigenvalue weighted by Gasteiger charge is -1.85. The van der Waals surface area contributed by atoms with E-state index in [0.29, 0.717) is 0 Å². The van der Waals surface area contributed by atoms with Crippen molar-refractivity contribution in [1.82, 2.24) is 0 Å². The average Bonchev–Trinajstić information content (AvgIpc) is 1.61. The summed E-state index contributed by atoms with van der Waals surface area (Å²) in [4.78, 5) is 0. The first-order valence-electron chi connectivity index (χ1n) is 2.91. The van der Waals surface area contributed by atoms with Gasteiger partial charge in [-0.05, 0) is 0 Å². The Balaban J connectivity index is 2.34. The molecule has 6 heavy (non-hydrogen) atoms. The molecule has 0 aromatic carbocycles. The Kier molecular flexibility index (Phi) is 5.24. The zero-order chi connectivity index (χ0) is 4.83. The van der Waals surface area contributed by atoms with Crippen LogP contribution in [0, 0.1) is 0 Å². The minimum atomic E-state index is 1.36. The van der Waals surface area contributed by atoms with Gasteiger partial charge in [0.25, 0.3) is 0 Å². The van der Waals surface area contributed by atoms with Crippen LogP contribution in [0.15, 0.2) is 0 Å². The van der Waals surface area contributed by atoms with Crippen molar-refractivity contribution in [2.24, 2.45) is 0 Å². The van der Waals surface area contributed by atoms with Gasteiger partial charge in [0, 0.05) is 0 Å². The first-order valence-corrected chi connectivity index (χ1v) is 2.91. The quantitative estimate of drug-likeness (QED) is 0.328. The van der Waals surface area contributed by atoms with Gasteiger partial charge in [0.2, 0.25) is 0 Å². The summed E-state index contributed by atoms with van der Waals surface area (Å²) in [6, 6.07) is 0. The summed E-state index contributed by atoms with van der Waals surface area (Å²) in [6.45, 7) is 0. The summed E-state index contributed by atoms with van der Waals surface area (Å²) in [7, 11) is 4.46. The minimum Gasteiger partial charge on any atom is -0.0811 e. The molecule has 0 bridgehead atoms. The molecule has 0 unspecified atom stereocenters. The smallest absolute Gasteiger partial charge is 0.0811 e. The Morgan fingerprint density at radius 2 is 1.17 bits per heavy atom. The van der Waals surface area contributed by atoms with Gasteiger partial charge in [0.15, 0.2) is 0 Å². The number of unbranched alkanes of at least 4 members (excludes halogenated alkanes) is 1. The summed E-state index contributed by atoms with van der Waals surface area (Å²) in [5.74, 6) is 0. The maximum atomic E-state index is 2.23. The molecule has 0 aliphatic heterocycles. The molecule has 0 radical (unpaired) electrons. The van der Waals surface area contributed by atoms with Crippen LogP contribution in [0.5, 0.6) is 0 Å². The molecule has 0 atom stereocenters. The number of rotatable bonds is 3. The molecular weight excluding hydrogens is 69.7 g/mol. The fourth-order valence-corrected chi connectivity index (χ4v) is 0.500. The van der Waals surface area contributed by atoms with Crippen LogP contribution in [0.4, 0.5) is 0 Å². The molecule has 0 rings (SSSR count). The van der Waals surface area contributed by atoms with Crippen molar-refractivity contribution in [2.75, 3.05) is 0 Å². The summed E-state index contributed by atoms with van der Waals surface area (Å²) < 4.78 is 0. The molecule has 0 N–H and O–H groups in total. The van der Waals surface area contributed by atoms with E-state index in [2.05, 4.69) is 15.7 Å². The molecule has 0 aromatic heterocycles. The molecule has 0 aliphatic rings. The van der Waals surface area contributed by atoms with Crippen LogP contribution in [0.3, 0.4) is 0 Å². The van der Waals surface area contributed by atoms with Gasteiger partial charge in [-0.15, -0.1) is 0 Å². The highest BCUT2D eigenvalue weighted by Crippen LogP contribution is 1.93. The summed E-state index contributed by atoms with van der Waals surface area (Å²) in [5, 5.41) is 0. The van der Waals surface area contributed by atoms with Crippen molar-refractivity contribution in [3.8, 4) is 0 Å². The second-order valence-electron chi connectivity index (χ2n) is 1.71. The molecule has 0 aromatic rings. The topological polar surface area (TPSA) is 0 Å². The second kappa shape index (κ2) is 5.13. The summed E-state index contributed by atoms with van der Waals surface area (Å²) >= 11 is 0. The lowest BCUT2D eigenvalue weighted by molar-refractivity contribution is 0.881. The van der Waals surface area contributed by atoms with Gasteiger partial charge >= 0.3 is 0 Å². The Labute approximate surface area is 42.1 Å². The molecule has 0 spiro atoms. The van der Waals surface area contributed by atoms with Crippen LogP contribution in [0.2, 0.25) is 12.6 Å². The second-order valence-corrected chi connectivity index (χ2v) is 1.71. The number of hydrogen-bond acceptors (Lipinski definition) is 0. The zero-order valence-corrected chi connectivity index (χ0v) is 4.83. The molecule has 0 heterocycles. The molecule has 2 heteroatoms. The lowest BCUT2D eigenvalue weighted by atomic mass is 9.94. The van der Waals surface area contributed by atoms with Crippen LogP contribution in [0.1, 0.15) is 12.8 Å². The fraction of sp³-hybridized carbons (Fsp3) is 1.00. The highest BCUT2D eigenvalue weighted by molar-refractivity contribution is 6.09. The molecule has 0 amide bonds.